The maximum atomic E-state index is 6.22. The first-order valence-electron chi connectivity index (χ1n) is 17.9. The van der Waals surface area contributed by atoms with Gasteiger partial charge in [0.1, 0.15) is 23.0 Å². The number of para-hydroxylation sites is 2. The van der Waals surface area contributed by atoms with Gasteiger partial charge in [0.2, 0.25) is 0 Å². The van der Waals surface area contributed by atoms with E-state index in [4.69, 9.17) is 9.15 Å². The van der Waals surface area contributed by atoms with E-state index in [0.29, 0.717) is 0 Å². The zero-order valence-electron chi connectivity index (χ0n) is 28.0. The number of H-pyrrole nitrogens is 2. The van der Waals surface area contributed by atoms with Crippen LogP contribution in [-0.4, -0.2) is 16.1 Å². The molecule has 7 aromatic carbocycles. The highest BCUT2D eigenvalue weighted by Gasteiger charge is 2.33. The van der Waals surface area contributed by atoms with Crippen LogP contribution < -0.4 is 4.74 Å². The highest BCUT2D eigenvalue weighted by Crippen LogP contribution is 2.44. The summed E-state index contributed by atoms with van der Waals surface area (Å²) < 4.78 is 12.3. The third-order valence-corrected chi connectivity index (χ3v) is 11.3. The highest BCUT2D eigenvalue weighted by molar-refractivity contribution is 6.12. The van der Waals surface area contributed by atoms with Crippen LogP contribution in [0.5, 0.6) is 5.75 Å². The number of aromatic amines is 2. The minimum atomic E-state index is 0.0637. The summed E-state index contributed by atoms with van der Waals surface area (Å²) in [6.45, 7) is 0. The number of fused-ring (bicyclic) bond motifs is 12. The first-order valence-corrected chi connectivity index (χ1v) is 17.9. The van der Waals surface area contributed by atoms with Crippen molar-refractivity contribution in [2.24, 2.45) is 0 Å². The fourth-order valence-electron chi connectivity index (χ4n) is 8.66. The van der Waals surface area contributed by atoms with E-state index in [2.05, 4.69) is 150 Å². The molecule has 0 amide bonds. The summed E-state index contributed by atoms with van der Waals surface area (Å²) >= 11 is 0. The van der Waals surface area contributed by atoms with Gasteiger partial charge in [-0.3, -0.25) is 0 Å². The van der Waals surface area contributed by atoms with Crippen molar-refractivity contribution in [3.05, 3.63) is 169 Å². The molecule has 4 heteroatoms. The van der Waals surface area contributed by atoms with Crippen LogP contribution in [0.3, 0.4) is 0 Å². The van der Waals surface area contributed by atoms with Gasteiger partial charge in [-0.05, 0) is 112 Å². The van der Waals surface area contributed by atoms with Crippen molar-refractivity contribution in [3.8, 4) is 28.0 Å². The number of allylic oxidation sites excluding steroid dienone is 2. The van der Waals surface area contributed by atoms with Gasteiger partial charge in [-0.25, -0.2) is 0 Å². The average Bonchev–Trinajstić information content (AvgIpc) is 3.96. The molecule has 0 radical (unpaired) electrons. The van der Waals surface area contributed by atoms with Crippen LogP contribution in [0.4, 0.5) is 0 Å². The fraction of sp³-hybridized carbons (Fsp3) is 0.0417. The van der Waals surface area contributed by atoms with E-state index in [9.17, 15) is 0 Å². The second kappa shape index (κ2) is 10.4. The highest BCUT2D eigenvalue weighted by atomic mass is 16.5. The van der Waals surface area contributed by atoms with Gasteiger partial charge >= 0.3 is 0 Å². The number of ether oxygens (including phenoxy) is 1. The molecule has 2 aliphatic rings. The maximum Gasteiger partial charge on any atom is 0.135 e. The van der Waals surface area contributed by atoms with Gasteiger partial charge < -0.3 is 19.1 Å². The summed E-state index contributed by atoms with van der Waals surface area (Å²) in [6, 6.07) is 50.2. The van der Waals surface area contributed by atoms with E-state index in [1.807, 2.05) is 18.2 Å². The van der Waals surface area contributed by atoms with E-state index in [1.165, 1.54) is 60.5 Å². The Balaban J connectivity index is 0.936. The van der Waals surface area contributed by atoms with E-state index in [-0.39, 0.29) is 12.0 Å². The average molecular weight is 667 g/mol. The van der Waals surface area contributed by atoms with E-state index < -0.39 is 0 Å². The van der Waals surface area contributed by atoms with Gasteiger partial charge in [0.25, 0.3) is 0 Å². The molecule has 1 aliphatic heterocycles. The monoisotopic (exact) mass is 666 g/mol. The molecular weight excluding hydrogens is 637 g/mol. The number of furan rings is 1. The Morgan fingerprint density at radius 2 is 0.962 bits per heavy atom. The van der Waals surface area contributed by atoms with Crippen LogP contribution in [-0.2, 0) is 0 Å². The van der Waals surface area contributed by atoms with Crippen molar-refractivity contribution < 1.29 is 9.15 Å². The SMILES string of the molecule is C1=CC2Oc3ccccc3C2C=C1c1ccc2[nH]c3ccc(-c4ccc5[nH]c6ccc(-c7ccc8oc9ccccc9c8c7)cc6c5c4)cc3c2c1. The van der Waals surface area contributed by atoms with Crippen LogP contribution in [0.1, 0.15) is 17.0 Å². The third kappa shape index (κ3) is 4.09. The summed E-state index contributed by atoms with van der Waals surface area (Å²) in [4.78, 5) is 7.31. The van der Waals surface area contributed by atoms with E-state index >= 15 is 0 Å². The molecule has 2 unspecified atom stereocenters. The Morgan fingerprint density at radius 3 is 1.63 bits per heavy atom. The normalized spacial score (nSPS) is 16.7. The summed E-state index contributed by atoms with van der Waals surface area (Å²) in [7, 11) is 0. The smallest absolute Gasteiger partial charge is 0.135 e. The Morgan fingerprint density at radius 1 is 0.442 bits per heavy atom. The predicted molar refractivity (Wildman–Crippen MR) is 214 cm³/mol. The Bertz CT molecular complexity index is 3190. The summed E-state index contributed by atoms with van der Waals surface area (Å²) in [5.74, 6) is 1.23. The van der Waals surface area contributed by atoms with Crippen LogP contribution in [0.25, 0.3) is 93.4 Å². The number of hydrogen-bond acceptors (Lipinski definition) is 2. The minimum Gasteiger partial charge on any atom is -0.485 e. The van der Waals surface area contributed by atoms with Gasteiger partial charge in [-0.2, -0.15) is 0 Å². The lowest BCUT2D eigenvalue weighted by Gasteiger charge is -2.18. The molecule has 0 saturated carbocycles. The molecule has 244 valence electrons. The molecule has 0 bridgehead atoms. The Labute approximate surface area is 298 Å². The standard InChI is InChI=1S/C48H30N2O2/c1-3-7-45-33(5-1)39-25-31(13-19-47(39)51-45)29-11-17-43-37(23-29)35-21-27(9-15-41(35)49-43)28-10-16-42-36(22-28)38-24-30(12-18-44(38)50-42)32-14-20-48-40(26-32)34-6-2-4-8-46(34)52-48/h1-26,39,47,49-50H. The van der Waals surface area contributed by atoms with Crippen molar-refractivity contribution in [2.75, 3.05) is 0 Å². The van der Waals surface area contributed by atoms with Crippen molar-refractivity contribution in [3.63, 3.8) is 0 Å². The molecule has 0 saturated heterocycles. The van der Waals surface area contributed by atoms with Crippen LogP contribution in [0, 0.1) is 0 Å². The minimum absolute atomic E-state index is 0.0637. The lowest BCUT2D eigenvalue weighted by molar-refractivity contribution is 0.269. The fourth-order valence-corrected chi connectivity index (χ4v) is 8.66. The summed E-state index contributed by atoms with van der Waals surface area (Å²) in [5.41, 5.74) is 14.9. The largest absolute Gasteiger partial charge is 0.485 e. The second-order valence-corrected chi connectivity index (χ2v) is 14.2. The zero-order chi connectivity index (χ0) is 33.9. The molecule has 12 rings (SSSR count). The first-order chi connectivity index (χ1) is 25.7. The van der Waals surface area contributed by atoms with E-state index in [1.54, 1.807) is 0 Å². The predicted octanol–water partition coefficient (Wildman–Crippen LogP) is 12.7. The van der Waals surface area contributed by atoms with Gasteiger partial charge in [0.05, 0.1) is 0 Å². The Kier molecular flexibility index (Phi) is 5.58. The van der Waals surface area contributed by atoms with Gasteiger partial charge in [-0.15, -0.1) is 0 Å². The van der Waals surface area contributed by atoms with Crippen molar-refractivity contribution in [1.29, 1.82) is 0 Å². The first kappa shape index (κ1) is 28.0. The van der Waals surface area contributed by atoms with Crippen LogP contribution >= 0.6 is 0 Å². The topological polar surface area (TPSA) is 54.0 Å². The molecule has 0 spiro atoms. The third-order valence-electron chi connectivity index (χ3n) is 11.3. The molecule has 3 aromatic heterocycles. The zero-order valence-corrected chi connectivity index (χ0v) is 28.0. The lowest BCUT2D eigenvalue weighted by atomic mass is 9.87. The molecule has 2 atom stereocenters. The van der Waals surface area contributed by atoms with Gasteiger partial charge in [0, 0.05) is 65.9 Å². The summed E-state index contributed by atoms with van der Waals surface area (Å²) in [5, 5.41) is 7.18. The maximum absolute atomic E-state index is 6.22. The molecule has 4 nitrogen and oxygen atoms in total. The number of benzene rings is 7. The molecule has 4 heterocycles. The van der Waals surface area contributed by atoms with Crippen molar-refractivity contribution in [1.82, 2.24) is 9.97 Å². The van der Waals surface area contributed by atoms with Crippen LogP contribution in [0.2, 0.25) is 0 Å². The lowest BCUT2D eigenvalue weighted by Crippen LogP contribution is -2.16. The molecule has 52 heavy (non-hydrogen) atoms. The molecule has 0 fully saturated rings. The molecular formula is C48H30N2O2. The summed E-state index contributed by atoms with van der Waals surface area (Å²) in [6.07, 6.45) is 6.86. The second-order valence-electron chi connectivity index (χ2n) is 14.2. The van der Waals surface area contributed by atoms with Crippen LogP contribution in [0.15, 0.2) is 162 Å². The van der Waals surface area contributed by atoms with Crippen molar-refractivity contribution >= 4 is 71.1 Å². The number of hydrogen-bond donors (Lipinski definition) is 2. The number of rotatable bonds is 3. The Hall–Kier alpha value is -6.78. The quantitative estimate of drug-likeness (QED) is 0.197. The number of aromatic nitrogens is 2. The van der Waals surface area contributed by atoms with E-state index in [0.717, 1.165) is 49.8 Å². The molecule has 10 aromatic rings. The van der Waals surface area contributed by atoms with Crippen molar-refractivity contribution in [2.45, 2.75) is 12.0 Å². The van der Waals surface area contributed by atoms with Gasteiger partial charge in [-0.1, -0.05) is 78.9 Å². The molecule has 2 N–H and O–H groups in total. The van der Waals surface area contributed by atoms with Gasteiger partial charge in [0.15, 0.2) is 0 Å². The number of nitrogens with one attached hydrogen (secondary N) is 2. The molecule has 1 aliphatic carbocycles.